The lowest BCUT2D eigenvalue weighted by Gasteiger charge is -2.34. The summed E-state index contributed by atoms with van der Waals surface area (Å²) in [5.41, 5.74) is 0. The van der Waals surface area contributed by atoms with Gasteiger partial charge in [-0.2, -0.15) is 0 Å². The maximum absolute atomic E-state index is 12.5. The van der Waals surface area contributed by atoms with E-state index < -0.39 is 0 Å². The van der Waals surface area contributed by atoms with Crippen LogP contribution in [0, 0.1) is 0 Å². The molecule has 2 aliphatic rings. The van der Waals surface area contributed by atoms with Crippen LogP contribution in [0.25, 0.3) is 0 Å². The Labute approximate surface area is 166 Å². The number of rotatable bonds is 6. The van der Waals surface area contributed by atoms with Gasteiger partial charge in [-0.3, -0.25) is 9.69 Å². The number of nitrogens with zero attached hydrogens (tertiary/aromatic N) is 5. The highest BCUT2D eigenvalue weighted by Gasteiger charge is 2.29. The molecule has 2 aromatic rings. The van der Waals surface area contributed by atoms with Gasteiger partial charge in [0.2, 0.25) is 5.91 Å². The molecule has 0 N–H and O–H groups in total. The van der Waals surface area contributed by atoms with Crippen molar-refractivity contribution in [1.29, 1.82) is 0 Å². The van der Waals surface area contributed by atoms with Gasteiger partial charge in [-0.25, -0.2) is 0 Å². The van der Waals surface area contributed by atoms with Crippen molar-refractivity contribution in [2.24, 2.45) is 7.05 Å². The van der Waals surface area contributed by atoms with E-state index in [0.29, 0.717) is 11.7 Å². The summed E-state index contributed by atoms with van der Waals surface area (Å²) in [5.74, 6) is 2.24. The minimum Gasteiger partial charge on any atom is -0.339 e. The Bertz CT molecular complexity index is 780. The molecule has 3 heterocycles. The van der Waals surface area contributed by atoms with Crippen molar-refractivity contribution in [2.75, 3.05) is 31.9 Å². The van der Waals surface area contributed by atoms with E-state index in [1.807, 2.05) is 22.6 Å². The van der Waals surface area contributed by atoms with Crippen molar-refractivity contribution >= 4 is 40.6 Å². The van der Waals surface area contributed by atoms with Gasteiger partial charge in [0, 0.05) is 50.6 Å². The number of thiophene rings is 1. The number of hydrogen-bond acceptors (Lipinski definition) is 6. The summed E-state index contributed by atoms with van der Waals surface area (Å²) in [5, 5.41) is 9.36. The minimum absolute atomic E-state index is 0.185. The SMILES string of the molecule is Cn1c(SCC(=O)N2CCN(Cc3ccc(Cl)s3)CC2)nnc1C1CC1. The topological polar surface area (TPSA) is 54.3 Å². The molecule has 4 rings (SSSR count). The van der Waals surface area contributed by atoms with E-state index in [-0.39, 0.29) is 5.91 Å². The van der Waals surface area contributed by atoms with E-state index in [2.05, 4.69) is 21.2 Å². The quantitative estimate of drug-likeness (QED) is 0.684. The molecule has 140 valence electrons. The van der Waals surface area contributed by atoms with Crippen LogP contribution in [-0.2, 0) is 18.4 Å². The molecule has 0 radical (unpaired) electrons. The van der Waals surface area contributed by atoms with Gasteiger partial charge in [0.15, 0.2) is 5.16 Å². The van der Waals surface area contributed by atoms with E-state index in [1.54, 1.807) is 11.3 Å². The van der Waals surface area contributed by atoms with Crippen LogP contribution in [0.4, 0.5) is 0 Å². The highest BCUT2D eigenvalue weighted by Crippen LogP contribution is 2.39. The summed E-state index contributed by atoms with van der Waals surface area (Å²) in [6, 6.07) is 4.03. The van der Waals surface area contributed by atoms with Crippen LogP contribution in [0.5, 0.6) is 0 Å². The Hall–Kier alpha value is -1.09. The second-order valence-corrected chi connectivity index (χ2v) is 9.57. The van der Waals surface area contributed by atoms with Crippen molar-refractivity contribution in [3.8, 4) is 0 Å². The van der Waals surface area contributed by atoms with Gasteiger partial charge in [0.1, 0.15) is 5.82 Å². The number of carbonyl (C=O) groups excluding carboxylic acids is 1. The molecule has 0 unspecified atom stereocenters. The molecule has 9 heteroatoms. The molecular formula is C17H22ClN5OS2. The first-order chi connectivity index (χ1) is 12.6. The number of aromatic nitrogens is 3. The summed E-state index contributed by atoms with van der Waals surface area (Å²) in [4.78, 5) is 18.1. The van der Waals surface area contributed by atoms with Crippen molar-refractivity contribution in [2.45, 2.75) is 30.5 Å². The number of carbonyl (C=O) groups is 1. The molecular weight excluding hydrogens is 390 g/mol. The molecule has 1 saturated carbocycles. The summed E-state index contributed by atoms with van der Waals surface area (Å²) in [6.07, 6.45) is 2.41. The summed E-state index contributed by atoms with van der Waals surface area (Å²) in [7, 11) is 2.00. The van der Waals surface area contributed by atoms with Gasteiger partial charge in [-0.05, 0) is 25.0 Å². The highest BCUT2D eigenvalue weighted by molar-refractivity contribution is 7.99. The van der Waals surface area contributed by atoms with Gasteiger partial charge in [-0.1, -0.05) is 23.4 Å². The maximum atomic E-state index is 12.5. The van der Waals surface area contributed by atoms with Crippen LogP contribution < -0.4 is 0 Å². The normalized spacial score (nSPS) is 18.5. The zero-order chi connectivity index (χ0) is 18.1. The molecule has 0 bridgehead atoms. The molecule has 1 saturated heterocycles. The molecule has 1 aliphatic carbocycles. The Kier molecular flexibility index (Phi) is 5.54. The van der Waals surface area contributed by atoms with Gasteiger partial charge in [-0.15, -0.1) is 21.5 Å². The van der Waals surface area contributed by atoms with E-state index in [4.69, 9.17) is 11.6 Å². The fraction of sp³-hybridized carbons (Fsp3) is 0.588. The number of amides is 1. The van der Waals surface area contributed by atoms with Gasteiger partial charge in [0.25, 0.3) is 0 Å². The summed E-state index contributed by atoms with van der Waals surface area (Å²) in [6.45, 7) is 4.29. The third kappa shape index (κ3) is 4.24. The van der Waals surface area contributed by atoms with Crippen LogP contribution >= 0.6 is 34.7 Å². The van der Waals surface area contributed by atoms with E-state index >= 15 is 0 Å². The lowest BCUT2D eigenvalue weighted by molar-refractivity contribution is -0.130. The largest absolute Gasteiger partial charge is 0.339 e. The standard InChI is InChI=1S/C17H22ClN5OS2/c1-21-16(12-2-3-12)19-20-17(21)25-11-15(24)23-8-6-22(7-9-23)10-13-4-5-14(18)26-13/h4-5,12H,2-3,6-11H2,1H3. The van der Waals surface area contributed by atoms with Crippen LogP contribution in [0.3, 0.4) is 0 Å². The van der Waals surface area contributed by atoms with Crippen LogP contribution in [0.15, 0.2) is 17.3 Å². The number of piperazine rings is 1. The van der Waals surface area contributed by atoms with E-state index in [0.717, 1.165) is 48.0 Å². The molecule has 0 spiro atoms. The molecule has 0 aromatic carbocycles. The van der Waals surface area contributed by atoms with Gasteiger partial charge < -0.3 is 9.47 Å². The Balaban J connectivity index is 1.23. The van der Waals surface area contributed by atoms with E-state index in [1.165, 1.54) is 29.5 Å². The van der Waals surface area contributed by atoms with Crippen molar-refractivity contribution in [1.82, 2.24) is 24.6 Å². The molecule has 26 heavy (non-hydrogen) atoms. The molecule has 1 amide bonds. The second kappa shape index (κ2) is 7.88. The van der Waals surface area contributed by atoms with E-state index in [9.17, 15) is 4.79 Å². The lowest BCUT2D eigenvalue weighted by atomic mass is 10.3. The van der Waals surface area contributed by atoms with Gasteiger partial charge in [0.05, 0.1) is 10.1 Å². The molecule has 0 atom stereocenters. The molecule has 2 aromatic heterocycles. The average molecular weight is 412 g/mol. The highest BCUT2D eigenvalue weighted by atomic mass is 35.5. The Morgan fingerprint density at radius 2 is 2.04 bits per heavy atom. The predicted molar refractivity (Wildman–Crippen MR) is 105 cm³/mol. The first-order valence-electron chi connectivity index (χ1n) is 8.86. The molecule has 6 nitrogen and oxygen atoms in total. The third-order valence-corrected chi connectivity index (χ3v) is 7.09. The average Bonchev–Trinajstić information content (AvgIpc) is 3.30. The zero-order valence-electron chi connectivity index (χ0n) is 14.7. The lowest BCUT2D eigenvalue weighted by Crippen LogP contribution is -2.48. The van der Waals surface area contributed by atoms with Crippen LogP contribution in [0.1, 0.15) is 29.5 Å². The van der Waals surface area contributed by atoms with Crippen LogP contribution in [0.2, 0.25) is 4.34 Å². The van der Waals surface area contributed by atoms with Crippen LogP contribution in [-0.4, -0.2) is 62.4 Å². The monoisotopic (exact) mass is 411 g/mol. The molecule has 1 aliphatic heterocycles. The number of halogens is 1. The fourth-order valence-electron chi connectivity index (χ4n) is 3.18. The Morgan fingerprint density at radius 3 is 2.69 bits per heavy atom. The van der Waals surface area contributed by atoms with Crippen molar-refractivity contribution in [3.63, 3.8) is 0 Å². The second-order valence-electron chi connectivity index (χ2n) is 6.83. The zero-order valence-corrected chi connectivity index (χ0v) is 17.1. The number of thioether (sulfide) groups is 1. The minimum atomic E-state index is 0.185. The summed E-state index contributed by atoms with van der Waals surface area (Å²) >= 11 is 9.12. The van der Waals surface area contributed by atoms with Crippen molar-refractivity contribution < 1.29 is 4.79 Å². The van der Waals surface area contributed by atoms with Crippen molar-refractivity contribution in [3.05, 3.63) is 27.2 Å². The predicted octanol–water partition coefficient (Wildman–Crippen LogP) is 2.84. The fourth-order valence-corrected chi connectivity index (χ4v) is 5.13. The first-order valence-corrected chi connectivity index (χ1v) is 11.0. The molecule has 2 fully saturated rings. The van der Waals surface area contributed by atoms with Gasteiger partial charge >= 0.3 is 0 Å². The first kappa shape index (κ1) is 18.3. The number of hydrogen-bond donors (Lipinski definition) is 0. The summed E-state index contributed by atoms with van der Waals surface area (Å²) < 4.78 is 2.87. The third-order valence-electron chi connectivity index (χ3n) is 4.87. The Morgan fingerprint density at radius 1 is 1.27 bits per heavy atom. The smallest absolute Gasteiger partial charge is 0.233 e. The maximum Gasteiger partial charge on any atom is 0.233 e.